The highest BCUT2D eigenvalue weighted by Gasteiger charge is 2.35. The van der Waals surface area contributed by atoms with Gasteiger partial charge in [0, 0.05) is 23.5 Å². The van der Waals surface area contributed by atoms with E-state index in [1.165, 1.54) is 29.1 Å². The monoisotopic (exact) mass is 508 g/mol. The third-order valence-electron chi connectivity index (χ3n) is 6.76. The van der Waals surface area contributed by atoms with E-state index in [1.54, 1.807) is 23.3 Å². The van der Waals surface area contributed by atoms with Crippen molar-refractivity contribution in [3.8, 4) is 11.5 Å². The molecule has 1 aliphatic heterocycles. The van der Waals surface area contributed by atoms with Crippen LogP contribution in [0.25, 0.3) is 0 Å². The quantitative estimate of drug-likeness (QED) is 0.410. The Morgan fingerprint density at radius 2 is 1.83 bits per heavy atom. The van der Waals surface area contributed by atoms with E-state index in [9.17, 15) is 14.0 Å². The Labute approximate surface area is 214 Å². The van der Waals surface area contributed by atoms with E-state index in [-0.39, 0.29) is 31.0 Å². The lowest BCUT2D eigenvalue weighted by Crippen LogP contribution is -2.48. The van der Waals surface area contributed by atoms with Crippen molar-refractivity contribution in [1.29, 1.82) is 0 Å². The van der Waals surface area contributed by atoms with Crippen LogP contribution in [0.1, 0.15) is 39.7 Å². The van der Waals surface area contributed by atoms with Gasteiger partial charge in [-0.15, -0.1) is 11.3 Å². The molecule has 1 aromatic heterocycles. The minimum Gasteiger partial charge on any atom is -0.493 e. The smallest absolute Gasteiger partial charge is 0.254 e. The fraction of sp³-hybridized carbons (Fsp3) is 0.357. The summed E-state index contributed by atoms with van der Waals surface area (Å²) in [5.41, 5.74) is 1.48. The summed E-state index contributed by atoms with van der Waals surface area (Å²) in [4.78, 5) is 31.6. The number of ether oxygens (including phenoxy) is 2. The fourth-order valence-corrected chi connectivity index (χ4v) is 5.57. The lowest BCUT2D eigenvalue weighted by molar-refractivity contribution is -0.135. The number of benzene rings is 2. The van der Waals surface area contributed by atoms with Gasteiger partial charge in [-0.1, -0.05) is 12.1 Å². The van der Waals surface area contributed by atoms with Crippen LogP contribution in [0.4, 0.5) is 4.39 Å². The Hall–Kier alpha value is -3.39. The highest BCUT2D eigenvalue weighted by molar-refractivity contribution is 7.10. The Balaban J connectivity index is 1.34. The van der Waals surface area contributed by atoms with E-state index in [0.717, 1.165) is 24.8 Å². The fourth-order valence-electron chi connectivity index (χ4n) is 4.64. The van der Waals surface area contributed by atoms with E-state index in [4.69, 9.17) is 9.47 Å². The highest BCUT2D eigenvalue weighted by atomic mass is 32.1. The van der Waals surface area contributed by atoms with Gasteiger partial charge in [0.15, 0.2) is 11.5 Å². The standard InChI is InChI=1S/C28H29FN2O4S/c1-34-24-4-2-3-5-25(24)35-18-23-22-13-15-36-26(22)12-14-31(23)27(32)17-30(16-19-6-7-19)28(33)20-8-10-21(29)11-9-20/h2-5,8-11,13,15,19,23H,6-7,12,14,16-18H2,1H3. The number of carbonyl (C=O) groups excluding carboxylic acids is 2. The summed E-state index contributed by atoms with van der Waals surface area (Å²) in [5.74, 6) is 0.918. The zero-order valence-corrected chi connectivity index (χ0v) is 21.0. The number of hydrogen-bond donors (Lipinski definition) is 0. The van der Waals surface area contributed by atoms with Crippen LogP contribution in [0, 0.1) is 11.7 Å². The Kier molecular flexibility index (Phi) is 7.23. The van der Waals surface area contributed by atoms with Crippen molar-refractivity contribution in [3.05, 3.63) is 81.8 Å². The molecule has 188 valence electrons. The Morgan fingerprint density at radius 1 is 1.08 bits per heavy atom. The second kappa shape index (κ2) is 10.7. The van der Waals surface area contributed by atoms with E-state index >= 15 is 0 Å². The van der Waals surface area contributed by atoms with Gasteiger partial charge >= 0.3 is 0 Å². The molecule has 3 aromatic rings. The maximum atomic E-state index is 13.7. The van der Waals surface area contributed by atoms with Crippen molar-refractivity contribution in [3.63, 3.8) is 0 Å². The lowest BCUT2D eigenvalue weighted by atomic mass is 10.00. The first-order chi connectivity index (χ1) is 17.5. The van der Waals surface area contributed by atoms with Crippen LogP contribution in [0.3, 0.4) is 0 Å². The second-order valence-electron chi connectivity index (χ2n) is 9.25. The molecule has 1 fully saturated rings. The van der Waals surface area contributed by atoms with Gasteiger partial charge in [-0.25, -0.2) is 4.39 Å². The molecule has 0 spiro atoms. The molecule has 0 N–H and O–H groups in total. The van der Waals surface area contributed by atoms with Crippen LogP contribution in [0.15, 0.2) is 60.0 Å². The largest absolute Gasteiger partial charge is 0.493 e. The number of amides is 2. The molecule has 5 rings (SSSR count). The van der Waals surface area contributed by atoms with Crippen LogP contribution in [-0.2, 0) is 11.2 Å². The van der Waals surface area contributed by atoms with Gasteiger partial charge in [0.2, 0.25) is 5.91 Å². The SMILES string of the molecule is COc1ccccc1OCC1c2ccsc2CCN1C(=O)CN(CC1CC1)C(=O)c1ccc(F)cc1. The molecular weight excluding hydrogens is 479 g/mol. The number of carbonyl (C=O) groups is 2. The molecule has 0 radical (unpaired) electrons. The number of halogens is 1. The molecular formula is C28H29FN2O4S. The molecule has 2 amide bonds. The van der Waals surface area contributed by atoms with Gasteiger partial charge in [-0.2, -0.15) is 0 Å². The van der Waals surface area contributed by atoms with Gasteiger partial charge in [0.25, 0.3) is 5.91 Å². The third kappa shape index (κ3) is 5.38. The molecule has 2 aromatic carbocycles. The van der Waals surface area contributed by atoms with Crippen molar-refractivity contribution < 1.29 is 23.5 Å². The van der Waals surface area contributed by atoms with Crippen LogP contribution in [-0.4, -0.2) is 55.0 Å². The molecule has 2 heterocycles. The summed E-state index contributed by atoms with van der Waals surface area (Å²) in [7, 11) is 1.60. The molecule has 36 heavy (non-hydrogen) atoms. The van der Waals surface area contributed by atoms with Gasteiger partial charge < -0.3 is 19.3 Å². The van der Waals surface area contributed by atoms with Gasteiger partial charge in [0.05, 0.1) is 13.2 Å². The highest BCUT2D eigenvalue weighted by Crippen LogP contribution is 2.36. The minimum absolute atomic E-state index is 0.0165. The van der Waals surface area contributed by atoms with Crippen LogP contribution >= 0.6 is 11.3 Å². The summed E-state index contributed by atoms with van der Waals surface area (Å²) in [5, 5.41) is 2.05. The number of fused-ring (bicyclic) bond motifs is 1. The molecule has 6 nitrogen and oxygen atoms in total. The summed E-state index contributed by atoms with van der Waals surface area (Å²) >= 11 is 1.69. The molecule has 1 atom stereocenters. The van der Waals surface area contributed by atoms with Gasteiger partial charge in [0.1, 0.15) is 19.0 Å². The molecule has 1 saturated carbocycles. The second-order valence-corrected chi connectivity index (χ2v) is 10.3. The van der Waals surface area contributed by atoms with Crippen LogP contribution in [0.2, 0.25) is 0 Å². The van der Waals surface area contributed by atoms with Crippen LogP contribution in [0.5, 0.6) is 11.5 Å². The first-order valence-corrected chi connectivity index (χ1v) is 13.1. The van der Waals surface area contributed by atoms with Crippen molar-refractivity contribution >= 4 is 23.2 Å². The molecule has 0 bridgehead atoms. The van der Waals surface area contributed by atoms with Crippen molar-refractivity contribution in [1.82, 2.24) is 9.80 Å². The van der Waals surface area contributed by atoms with E-state index in [0.29, 0.717) is 36.1 Å². The van der Waals surface area contributed by atoms with Crippen LogP contribution < -0.4 is 9.47 Å². The molecule has 0 saturated heterocycles. The normalized spacial score (nSPS) is 16.8. The number of methoxy groups -OCH3 is 1. The molecule has 1 aliphatic carbocycles. The summed E-state index contributed by atoms with van der Waals surface area (Å²) < 4.78 is 25.0. The first-order valence-electron chi connectivity index (χ1n) is 12.2. The topological polar surface area (TPSA) is 59.1 Å². The lowest BCUT2D eigenvalue weighted by Gasteiger charge is -2.37. The van der Waals surface area contributed by atoms with E-state index < -0.39 is 5.82 Å². The van der Waals surface area contributed by atoms with Crippen molar-refractivity contribution in [2.24, 2.45) is 5.92 Å². The Bertz CT molecular complexity index is 1220. The zero-order valence-electron chi connectivity index (χ0n) is 20.2. The maximum absolute atomic E-state index is 13.7. The average molecular weight is 509 g/mol. The van der Waals surface area contributed by atoms with Crippen molar-refractivity contribution in [2.45, 2.75) is 25.3 Å². The number of nitrogens with zero attached hydrogens (tertiary/aromatic N) is 2. The summed E-state index contributed by atoms with van der Waals surface area (Å²) in [6.07, 6.45) is 2.88. The number of para-hydroxylation sites is 2. The van der Waals surface area contributed by atoms with Crippen molar-refractivity contribution in [2.75, 3.05) is 33.4 Å². The third-order valence-corrected chi connectivity index (χ3v) is 7.76. The maximum Gasteiger partial charge on any atom is 0.254 e. The number of hydrogen-bond acceptors (Lipinski definition) is 5. The van der Waals surface area contributed by atoms with Gasteiger partial charge in [-0.05, 0) is 78.6 Å². The first kappa shape index (κ1) is 24.3. The predicted octanol–water partition coefficient (Wildman–Crippen LogP) is 4.95. The van der Waals surface area contributed by atoms with E-state index in [1.807, 2.05) is 34.5 Å². The minimum atomic E-state index is -0.394. The zero-order chi connectivity index (χ0) is 25.1. The Morgan fingerprint density at radius 3 is 2.56 bits per heavy atom. The number of rotatable bonds is 9. The van der Waals surface area contributed by atoms with E-state index in [2.05, 4.69) is 6.07 Å². The molecule has 1 unspecified atom stereocenters. The predicted molar refractivity (Wildman–Crippen MR) is 136 cm³/mol. The average Bonchev–Trinajstić information content (AvgIpc) is 3.59. The van der Waals surface area contributed by atoms with Gasteiger partial charge in [-0.3, -0.25) is 9.59 Å². The number of thiophene rings is 1. The summed E-state index contributed by atoms with van der Waals surface area (Å²) in [6.45, 7) is 1.36. The molecule has 2 aliphatic rings. The molecule has 8 heteroatoms. The summed E-state index contributed by atoms with van der Waals surface area (Å²) in [6, 6.07) is 14.8.